The molecule has 9 nitrogen and oxygen atoms in total. The van der Waals surface area contributed by atoms with Gasteiger partial charge >= 0.3 is 0 Å². The molecule has 0 unspecified atom stereocenters. The van der Waals surface area contributed by atoms with Crippen LogP contribution in [0, 0.1) is 6.92 Å². The number of aryl methyl sites for hydroxylation is 2. The summed E-state index contributed by atoms with van der Waals surface area (Å²) < 4.78 is 8.45. The Hall–Kier alpha value is -3.43. The van der Waals surface area contributed by atoms with Crippen molar-refractivity contribution in [2.75, 3.05) is 13.2 Å². The minimum Gasteiger partial charge on any atom is -0.388 e. The highest BCUT2D eigenvalue weighted by Crippen LogP contribution is 2.29. The SMILES string of the molecule is Cc1ccc(-c2cc3c(=O)n([C@@H]4COC[C@H]4O)cnc3c(-c3cnn(C)c3)n2)cn1. The van der Waals surface area contributed by atoms with Crippen molar-refractivity contribution in [2.45, 2.75) is 19.1 Å². The number of ether oxygens (including phenoxy) is 1. The maximum Gasteiger partial charge on any atom is 0.261 e. The number of aliphatic hydroxyl groups is 1. The molecule has 30 heavy (non-hydrogen) atoms. The lowest BCUT2D eigenvalue weighted by molar-refractivity contribution is 0.119. The van der Waals surface area contributed by atoms with Crippen molar-refractivity contribution < 1.29 is 9.84 Å². The molecular formula is C21H20N6O3. The van der Waals surface area contributed by atoms with Gasteiger partial charge in [0.25, 0.3) is 5.56 Å². The van der Waals surface area contributed by atoms with Crippen LogP contribution in [0.25, 0.3) is 33.4 Å². The minimum absolute atomic E-state index is 0.201. The summed E-state index contributed by atoms with van der Waals surface area (Å²) in [7, 11) is 1.82. The smallest absolute Gasteiger partial charge is 0.261 e. The zero-order chi connectivity index (χ0) is 20.8. The van der Waals surface area contributed by atoms with Gasteiger partial charge in [-0.3, -0.25) is 19.0 Å². The van der Waals surface area contributed by atoms with Crippen LogP contribution >= 0.6 is 0 Å². The number of hydrogen-bond acceptors (Lipinski definition) is 7. The molecule has 1 N–H and O–H groups in total. The van der Waals surface area contributed by atoms with E-state index < -0.39 is 12.1 Å². The Kier molecular flexibility index (Phi) is 4.41. The maximum atomic E-state index is 13.4. The van der Waals surface area contributed by atoms with Gasteiger partial charge in [-0.1, -0.05) is 0 Å². The Morgan fingerprint density at radius 1 is 1.17 bits per heavy atom. The van der Waals surface area contributed by atoms with Gasteiger partial charge in [-0.2, -0.15) is 5.10 Å². The van der Waals surface area contributed by atoms with Gasteiger partial charge in [0.05, 0.1) is 42.9 Å². The monoisotopic (exact) mass is 404 g/mol. The molecule has 0 aromatic carbocycles. The highest BCUT2D eigenvalue weighted by Gasteiger charge is 2.29. The van der Waals surface area contributed by atoms with Crippen molar-refractivity contribution in [1.82, 2.24) is 29.3 Å². The van der Waals surface area contributed by atoms with Crippen molar-refractivity contribution in [3.63, 3.8) is 0 Å². The Morgan fingerprint density at radius 3 is 2.70 bits per heavy atom. The summed E-state index contributed by atoms with van der Waals surface area (Å²) in [6, 6.07) is 5.09. The van der Waals surface area contributed by atoms with Crippen LogP contribution in [-0.4, -0.2) is 53.7 Å². The number of fused-ring (bicyclic) bond motifs is 1. The summed E-state index contributed by atoms with van der Waals surface area (Å²) in [5, 5.41) is 14.8. The molecule has 5 rings (SSSR count). The normalized spacial score (nSPS) is 18.9. The third-order valence-corrected chi connectivity index (χ3v) is 5.33. The van der Waals surface area contributed by atoms with Crippen molar-refractivity contribution in [3.8, 4) is 22.5 Å². The van der Waals surface area contributed by atoms with E-state index >= 15 is 0 Å². The molecule has 1 fully saturated rings. The molecule has 0 radical (unpaired) electrons. The molecule has 0 aliphatic carbocycles. The summed E-state index contributed by atoms with van der Waals surface area (Å²) in [4.78, 5) is 27.1. The van der Waals surface area contributed by atoms with E-state index in [0.717, 1.165) is 16.8 Å². The molecule has 2 atom stereocenters. The Balaban J connectivity index is 1.78. The lowest BCUT2D eigenvalue weighted by atomic mass is 10.1. The largest absolute Gasteiger partial charge is 0.388 e. The van der Waals surface area contributed by atoms with Gasteiger partial charge in [-0.15, -0.1) is 0 Å². The first-order chi connectivity index (χ1) is 14.5. The van der Waals surface area contributed by atoms with Gasteiger partial charge in [0.15, 0.2) is 0 Å². The molecule has 0 bridgehead atoms. The number of pyridine rings is 2. The first kappa shape index (κ1) is 18.6. The lowest BCUT2D eigenvalue weighted by Crippen LogP contribution is -2.32. The van der Waals surface area contributed by atoms with E-state index in [4.69, 9.17) is 9.72 Å². The molecule has 4 aromatic rings. The molecule has 0 saturated carbocycles. The highest BCUT2D eigenvalue weighted by atomic mass is 16.5. The molecule has 9 heteroatoms. The average molecular weight is 404 g/mol. The first-order valence-corrected chi connectivity index (χ1v) is 9.61. The van der Waals surface area contributed by atoms with E-state index in [2.05, 4.69) is 15.1 Å². The highest BCUT2D eigenvalue weighted by molar-refractivity contribution is 5.93. The topological polar surface area (TPSA) is 108 Å². The molecule has 1 saturated heterocycles. The fraction of sp³-hybridized carbons (Fsp3) is 0.286. The fourth-order valence-electron chi connectivity index (χ4n) is 3.69. The van der Waals surface area contributed by atoms with Crippen LogP contribution in [0.4, 0.5) is 0 Å². The summed E-state index contributed by atoms with van der Waals surface area (Å²) in [6.45, 7) is 2.38. The van der Waals surface area contributed by atoms with Crippen LogP contribution in [0.3, 0.4) is 0 Å². The molecule has 5 heterocycles. The van der Waals surface area contributed by atoms with Crippen molar-refractivity contribution in [1.29, 1.82) is 0 Å². The maximum absolute atomic E-state index is 13.4. The molecular weight excluding hydrogens is 384 g/mol. The van der Waals surface area contributed by atoms with Crippen LogP contribution in [0.15, 0.2) is 47.9 Å². The van der Waals surface area contributed by atoms with Gasteiger partial charge in [-0.25, -0.2) is 9.97 Å². The second-order valence-electron chi connectivity index (χ2n) is 7.47. The average Bonchev–Trinajstić information content (AvgIpc) is 3.36. The zero-order valence-electron chi connectivity index (χ0n) is 16.6. The number of aromatic nitrogens is 6. The summed E-state index contributed by atoms with van der Waals surface area (Å²) in [5.41, 5.74) is 3.89. The third-order valence-electron chi connectivity index (χ3n) is 5.33. The summed E-state index contributed by atoms with van der Waals surface area (Å²) >= 11 is 0. The molecule has 1 aliphatic heterocycles. The van der Waals surface area contributed by atoms with Crippen LogP contribution in [-0.2, 0) is 11.8 Å². The summed E-state index contributed by atoms with van der Waals surface area (Å²) in [5.74, 6) is 0. The Morgan fingerprint density at radius 2 is 2.03 bits per heavy atom. The number of rotatable bonds is 3. The minimum atomic E-state index is -0.748. The van der Waals surface area contributed by atoms with Crippen molar-refractivity contribution in [3.05, 3.63) is 59.2 Å². The standard InChI is InChI=1S/C21H20N6O3/c1-12-3-4-13(6-22-12)16-5-15-20(19(25-16)14-7-24-26(2)8-14)23-11-27(21(15)29)17-9-30-10-18(17)28/h3-8,11,17-18,28H,9-10H2,1-2H3/t17-,18-/m1/s1. The lowest BCUT2D eigenvalue weighted by Gasteiger charge is -2.16. The van der Waals surface area contributed by atoms with E-state index in [1.165, 1.54) is 10.9 Å². The Labute approximate surface area is 171 Å². The second-order valence-corrected chi connectivity index (χ2v) is 7.47. The molecule has 152 valence electrons. The fourth-order valence-corrected chi connectivity index (χ4v) is 3.69. The van der Waals surface area contributed by atoms with Gasteiger partial charge in [0, 0.05) is 36.3 Å². The van der Waals surface area contributed by atoms with Gasteiger partial charge in [0.1, 0.15) is 17.3 Å². The number of hydrogen-bond donors (Lipinski definition) is 1. The van der Waals surface area contributed by atoms with Gasteiger partial charge < -0.3 is 9.84 Å². The number of aliphatic hydroxyl groups excluding tert-OH is 1. The Bertz CT molecular complexity index is 1290. The quantitative estimate of drug-likeness (QED) is 0.551. The van der Waals surface area contributed by atoms with E-state index in [-0.39, 0.29) is 18.8 Å². The predicted octanol–water partition coefficient (Wildman–Crippen LogP) is 1.49. The van der Waals surface area contributed by atoms with E-state index in [0.29, 0.717) is 22.3 Å². The molecule has 0 amide bonds. The van der Waals surface area contributed by atoms with Crippen LogP contribution in [0.1, 0.15) is 11.7 Å². The molecule has 0 spiro atoms. The zero-order valence-corrected chi connectivity index (χ0v) is 16.6. The predicted molar refractivity (Wildman–Crippen MR) is 110 cm³/mol. The van der Waals surface area contributed by atoms with Crippen LogP contribution < -0.4 is 5.56 Å². The third kappa shape index (κ3) is 3.08. The van der Waals surface area contributed by atoms with E-state index in [1.807, 2.05) is 32.3 Å². The van der Waals surface area contributed by atoms with Gasteiger partial charge in [-0.05, 0) is 25.1 Å². The van der Waals surface area contributed by atoms with Crippen molar-refractivity contribution in [2.24, 2.45) is 7.05 Å². The molecule has 1 aliphatic rings. The van der Waals surface area contributed by atoms with E-state index in [9.17, 15) is 9.90 Å². The van der Waals surface area contributed by atoms with Crippen LogP contribution in [0.5, 0.6) is 0 Å². The van der Waals surface area contributed by atoms with Crippen LogP contribution in [0.2, 0.25) is 0 Å². The number of nitrogens with zero attached hydrogens (tertiary/aromatic N) is 6. The summed E-state index contributed by atoms with van der Waals surface area (Å²) in [6.07, 6.45) is 5.98. The first-order valence-electron chi connectivity index (χ1n) is 9.61. The molecule has 4 aromatic heterocycles. The second kappa shape index (κ2) is 7.12. The van der Waals surface area contributed by atoms with E-state index in [1.54, 1.807) is 23.1 Å². The van der Waals surface area contributed by atoms with Gasteiger partial charge in [0.2, 0.25) is 0 Å². The van der Waals surface area contributed by atoms with Crippen molar-refractivity contribution >= 4 is 10.9 Å².